The van der Waals surface area contributed by atoms with Crippen LogP contribution in [-0.2, 0) is 17.8 Å². The van der Waals surface area contributed by atoms with E-state index in [1.54, 1.807) is 19.2 Å². The van der Waals surface area contributed by atoms with Crippen LogP contribution in [0.2, 0.25) is 5.02 Å². The molecule has 0 atom stereocenters. The molecule has 2 aromatic heterocycles. The van der Waals surface area contributed by atoms with Gasteiger partial charge in [0.2, 0.25) is 0 Å². The largest absolute Gasteiger partial charge is 0.482 e. The number of aromatic nitrogens is 2. The van der Waals surface area contributed by atoms with Crippen molar-refractivity contribution in [2.75, 3.05) is 17.3 Å². The average molecular weight is 541 g/mol. The lowest BCUT2D eigenvalue weighted by molar-refractivity contribution is -0.193. The van der Waals surface area contributed by atoms with Crippen LogP contribution in [0, 0.1) is 11.3 Å². The Morgan fingerprint density at radius 1 is 1.34 bits per heavy atom. The molecule has 3 aromatic rings. The molecule has 38 heavy (non-hydrogen) atoms. The van der Waals surface area contributed by atoms with E-state index in [-0.39, 0.29) is 34.7 Å². The molecule has 2 amide bonds. The van der Waals surface area contributed by atoms with Crippen LogP contribution in [0.5, 0.6) is 5.75 Å². The molecule has 9 nitrogen and oxygen atoms in total. The molecule has 1 aliphatic carbocycles. The van der Waals surface area contributed by atoms with Gasteiger partial charge in [0.05, 0.1) is 34.2 Å². The quantitative estimate of drug-likeness (QED) is 0.362. The van der Waals surface area contributed by atoms with Crippen molar-refractivity contribution in [3.05, 3.63) is 64.1 Å². The summed E-state index contributed by atoms with van der Waals surface area (Å²) >= 11 is 5.87. The van der Waals surface area contributed by atoms with Crippen LogP contribution < -0.4 is 20.7 Å². The number of nitrogens with one attached hydrogen (secondary N) is 2. The summed E-state index contributed by atoms with van der Waals surface area (Å²) in [5.74, 6) is -1.84. The molecule has 12 heteroatoms. The number of rotatable bonds is 8. The van der Waals surface area contributed by atoms with Crippen molar-refractivity contribution in [3.8, 4) is 16.9 Å². The van der Waals surface area contributed by atoms with Crippen LogP contribution in [0.3, 0.4) is 0 Å². The smallest absolute Gasteiger partial charge is 0.423 e. The molecule has 196 valence electrons. The molecular weight excluding hydrogens is 518 g/mol. The maximum Gasteiger partial charge on any atom is 0.482 e. The van der Waals surface area contributed by atoms with Crippen molar-refractivity contribution in [3.63, 3.8) is 0 Å². The molecule has 0 saturated heterocycles. The Hall–Kier alpha value is -4.12. The highest BCUT2D eigenvalue weighted by Gasteiger charge is 2.50. The number of ether oxygens (including phenoxy) is 1. The van der Waals surface area contributed by atoms with E-state index in [1.165, 1.54) is 24.4 Å². The van der Waals surface area contributed by atoms with Gasteiger partial charge in [-0.1, -0.05) is 17.7 Å². The SMILES string of the molecule is CNc1nc(CC2CC2)c(C(N)=O)c(-c2ccc3c(c2)OC(F)(F)C(=O)N3Cc2ccc(Cl)cn2)c1C=N. The summed E-state index contributed by atoms with van der Waals surface area (Å²) in [7, 11) is 1.63. The van der Waals surface area contributed by atoms with Crippen LogP contribution >= 0.6 is 11.6 Å². The fraction of sp³-hybridized carbons (Fsp3) is 0.269. The molecule has 3 heterocycles. The van der Waals surface area contributed by atoms with Gasteiger partial charge in [-0.2, -0.15) is 8.78 Å². The van der Waals surface area contributed by atoms with E-state index in [4.69, 9.17) is 27.5 Å². The maximum absolute atomic E-state index is 14.7. The number of carbonyl (C=O) groups is 2. The van der Waals surface area contributed by atoms with Crippen LogP contribution in [-0.4, -0.2) is 41.2 Å². The summed E-state index contributed by atoms with van der Waals surface area (Å²) in [5, 5.41) is 11.3. The van der Waals surface area contributed by atoms with Crippen LogP contribution in [0.15, 0.2) is 36.5 Å². The normalized spacial score (nSPS) is 16.0. The second-order valence-corrected chi connectivity index (χ2v) is 9.57. The predicted octanol–water partition coefficient (Wildman–Crippen LogP) is 4.41. The molecule has 0 spiro atoms. The molecule has 5 rings (SSSR count). The van der Waals surface area contributed by atoms with E-state index < -0.39 is 17.9 Å². The first-order valence-corrected chi connectivity index (χ1v) is 12.2. The topological polar surface area (TPSA) is 134 Å². The van der Waals surface area contributed by atoms with Gasteiger partial charge in [-0.15, -0.1) is 0 Å². The van der Waals surface area contributed by atoms with Crippen LogP contribution in [0.1, 0.15) is 40.2 Å². The minimum absolute atomic E-state index is 0.0968. The number of fused-ring (bicyclic) bond motifs is 1. The summed E-state index contributed by atoms with van der Waals surface area (Å²) in [6, 6.07) is 7.41. The van der Waals surface area contributed by atoms with Crippen LogP contribution in [0.4, 0.5) is 20.3 Å². The number of primary amides is 1. The Morgan fingerprint density at radius 2 is 2.11 bits per heavy atom. The number of hydrogen-bond acceptors (Lipinski definition) is 7. The zero-order chi connectivity index (χ0) is 27.2. The first-order chi connectivity index (χ1) is 18.1. The van der Waals surface area contributed by atoms with Crippen molar-refractivity contribution in [2.24, 2.45) is 11.7 Å². The van der Waals surface area contributed by atoms with Crippen molar-refractivity contribution in [1.82, 2.24) is 9.97 Å². The summed E-state index contributed by atoms with van der Waals surface area (Å²) < 4.78 is 34.3. The average Bonchev–Trinajstić information content (AvgIpc) is 3.70. The highest BCUT2D eigenvalue weighted by Crippen LogP contribution is 2.44. The van der Waals surface area contributed by atoms with Gasteiger partial charge in [0.1, 0.15) is 5.82 Å². The lowest BCUT2D eigenvalue weighted by atomic mass is 9.91. The predicted molar refractivity (Wildman–Crippen MR) is 138 cm³/mol. The monoisotopic (exact) mass is 540 g/mol. The summed E-state index contributed by atoms with van der Waals surface area (Å²) in [4.78, 5) is 34.8. The molecule has 1 aliphatic heterocycles. The molecule has 1 fully saturated rings. The zero-order valence-corrected chi connectivity index (χ0v) is 21.0. The Kier molecular flexibility index (Phi) is 6.47. The Balaban J connectivity index is 1.66. The number of carbonyl (C=O) groups excluding carboxylic acids is 2. The number of alkyl halides is 2. The molecular formula is C26H23ClF2N6O3. The first kappa shape index (κ1) is 25.5. The van der Waals surface area contributed by atoms with Crippen molar-refractivity contribution < 1.29 is 23.1 Å². The maximum atomic E-state index is 14.7. The molecule has 1 saturated carbocycles. The number of pyridine rings is 2. The number of anilines is 2. The van der Waals surface area contributed by atoms with E-state index >= 15 is 0 Å². The van der Waals surface area contributed by atoms with Gasteiger partial charge >= 0.3 is 12.0 Å². The van der Waals surface area contributed by atoms with E-state index in [9.17, 15) is 18.4 Å². The van der Waals surface area contributed by atoms with E-state index in [1.807, 2.05) is 0 Å². The number of nitrogens with zero attached hydrogens (tertiary/aromatic N) is 3. The summed E-state index contributed by atoms with van der Waals surface area (Å²) in [6.45, 7) is -0.246. The molecule has 0 unspecified atom stereocenters. The van der Waals surface area contributed by atoms with Gasteiger partial charge in [-0.05, 0) is 55.0 Å². The highest BCUT2D eigenvalue weighted by molar-refractivity contribution is 6.30. The minimum Gasteiger partial charge on any atom is -0.423 e. The van der Waals surface area contributed by atoms with Crippen molar-refractivity contribution >= 4 is 41.1 Å². The molecule has 1 aromatic carbocycles. The Labute approximate surface area is 221 Å². The van der Waals surface area contributed by atoms with E-state index in [0.29, 0.717) is 40.1 Å². The number of hydrogen-bond donors (Lipinski definition) is 3. The van der Waals surface area contributed by atoms with Gasteiger partial charge in [0.15, 0.2) is 5.75 Å². The summed E-state index contributed by atoms with van der Waals surface area (Å²) in [5.41, 5.74) is 7.67. The highest BCUT2D eigenvalue weighted by atomic mass is 35.5. The van der Waals surface area contributed by atoms with Crippen molar-refractivity contribution in [1.29, 1.82) is 5.41 Å². The Morgan fingerprint density at radius 3 is 2.71 bits per heavy atom. The second kappa shape index (κ2) is 9.64. The third kappa shape index (κ3) is 4.65. The number of amides is 2. The fourth-order valence-electron chi connectivity index (χ4n) is 4.53. The Bertz CT molecular complexity index is 1460. The molecule has 4 N–H and O–H groups in total. The number of nitrogens with two attached hydrogens (primary N) is 1. The van der Waals surface area contributed by atoms with Gasteiger partial charge in [0, 0.05) is 30.6 Å². The third-order valence-electron chi connectivity index (χ3n) is 6.50. The van der Waals surface area contributed by atoms with E-state index in [2.05, 4.69) is 15.3 Å². The third-order valence-corrected chi connectivity index (χ3v) is 6.72. The fourth-order valence-corrected chi connectivity index (χ4v) is 4.64. The lowest BCUT2D eigenvalue weighted by Gasteiger charge is -2.33. The van der Waals surface area contributed by atoms with E-state index in [0.717, 1.165) is 24.0 Å². The number of benzene rings is 1. The van der Waals surface area contributed by atoms with Crippen molar-refractivity contribution in [2.45, 2.75) is 31.9 Å². The molecule has 2 aliphatic rings. The molecule has 0 bridgehead atoms. The van der Waals surface area contributed by atoms with Gasteiger partial charge in [0.25, 0.3) is 5.91 Å². The first-order valence-electron chi connectivity index (χ1n) is 11.8. The zero-order valence-electron chi connectivity index (χ0n) is 20.2. The van der Waals surface area contributed by atoms with Gasteiger partial charge in [-0.25, -0.2) is 4.98 Å². The summed E-state index contributed by atoms with van der Waals surface area (Å²) in [6.07, 6.45) is 0.776. The molecule has 0 radical (unpaired) electrons. The van der Waals surface area contributed by atoms with Gasteiger partial charge < -0.3 is 21.2 Å². The standard InChI is InChI=1S/C26H23ClF2N6O3/c1-32-24-17(10-30)21(22(23(31)36)18(34-24)8-13-2-3-13)14-4-7-19-20(9-14)38-26(28,29)25(37)35(19)12-16-6-5-15(27)11-33-16/h4-7,9-11,13,30H,2-3,8,12H2,1H3,(H2,31,36)(H,32,34). The van der Waals surface area contributed by atoms with Gasteiger partial charge in [-0.3, -0.25) is 19.5 Å². The van der Waals surface area contributed by atoms with Crippen LogP contribution in [0.25, 0.3) is 11.1 Å². The minimum atomic E-state index is -4.14. The number of halogens is 3. The second-order valence-electron chi connectivity index (χ2n) is 9.14. The lowest BCUT2D eigenvalue weighted by Crippen LogP contribution is -2.50.